The summed E-state index contributed by atoms with van der Waals surface area (Å²) in [5, 5.41) is 3.13. The Bertz CT molecular complexity index is 231. The summed E-state index contributed by atoms with van der Waals surface area (Å²) in [4.78, 5) is 11.7. The Morgan fingerprint density at radius 2 is 1.88 bits per heavy atom. The van der Waals surface area contributed by atoms with Gasteiger partial charge in [-0.05, 0) is 44.4 Å². The minimum Gasteiger partial charge on any atom is -0.353 e. The molecule has 2 atom stereocenters. The maximum absolute atomic E-state index is 11.7. The summed E-state index contributed by atoms with van der Waals surface area (Å²) in [7, 11) is 0. The van der Waals surface area contributed by atoms with Crippen LogP contribution >= 0.6 is 12.4 Å². The van der Waals surface area contributed by atoms with Crippen LogP contribution in [0.4, 0.5) is 0 Å². The van der Waals surface area contributed by atoms with Crippen molar-refractivity contribution in [2.24, 2.45) is 11.7 Å². The van der Waals surface area contributed by atoms with Crippen LogP contribution < -0.4 is 11.1 Å². The molecule has 2 aliphatic rings. The Hall–Kier alpha value is -0.280. The third kappa shape index (κ3) is 3.95. The van der Waals surface area contributed by atoms with Crippen LogP contribution in [0.15, 0.2) is 0 Å². The Labute approximate surface area is 104 Å². The topological polar surface area (TPSA) is 55.1 Å². The maximum atomic E-state index is 11.7. The number of hydrogen-bond donors (Lipinski definition) is 2. The largest absolute Gasteiger partial charge is 0.353 e. The highest BCUT2D eigenvalue weighted by Gasteiger charge is 2.24. The molecule has 3 N–H and O–H groups in total. The molecule has 0 heterocycles. The number of halogens is 1. The normalized spacial score (nSPS) is 30.1. The second kappa shape index (κ2) is 6.45. The molecule has 0 bridgehead atoms. The van der Waals surface area contributed by atoms with Gasteiger partial charge in [-0.25, -0.2) is 0 Å². The molecule has 2 unspecified atom stereocenters. The zero-order valence-corrected chi connectivity index (χ0v) is 10.6. The summed E-state index contributed by atoms with van der Waals surface area (Å²) >= 11 is 0. The van der Waals surface area contributed by atoms with Crippen LogP contribution in [0.1, 0.15) is 51.4 Å². The molecular formula is C12H23ClN2O. The van der Waals surface area contributed by atoms with Gasteiger partial charge >= 0.3 is 0 Å². The van der Waals surface area contributed by atoms with Crippen LogP contribution in [-0.2, 0) is 4.79 Å². The van der Waals surface area contributed by atoms with Gasteiger partial charge in [0.1, 0.15) is 0 Å². The zero-order valence-electron chi connectivity index (χ0n) is 9.78. The predicted molar refractivity (Wildman–Crippen MR) is 67.6 cm³/mol. The lowest BCUT2D eigenvalue weighted by Gasteiger charge is -2.29. The van der Waals surface area contributed by atoms with Crippen molar-refractivity contribution in [1.29, 1.82) is 0 Å². The van der Waals surface area contributed by atoms with Crippen LogP contribution in [0.25, 0.3) is 0 Å². The van der Waals surface area contributed by atoms with Crippen LogP contribution in [0.3, 0.4) is 0 Å². The van der Waals surface area contributed by atoms with Crippen LogP contribution in [0, 0.1) is 5.92 Å². The summed E-state index contributed by atoms with van der Waals surface area (Å²) in [5.74, 6) is 0.918. The molecular weight excluding hydrogens is 224 g/mol. The van der Waals surface area contributed by atoms with E-state index < -0.39 is 0 Å². The first-order valence-electron chi connectivity index (χ1n) is 6.29. The minimum absolute atomic E-state index is 0. The Balaban J connectivity index is 0.00000128. The lowest BCUT2D eigenvalue weighted by atomic mass is 9.82. The van der Waals surface area contributed by atoms with Gasteiger partial charge in [0.2, 0.25) is 5.91 Å². The van der Waals surface area contributed by atoms with E-state index >= 15 is 0 Å². The second-order valence-electron chi connectivity index (χ2n) is 5.19. The van der Waals surface area contributed by atoms with E-state index in [4.69, 9.17) is 5.73 Å². The van der Waals surface area contributed by atoms with Crippen LogP contribution in [0.2, 0.25) is 0 Å². The Morgan fingerprint density at radius 1 is 1.19 bits per heavy atom. The molecule has 4 heteroatoms. The first-order valence-corrected chi connectivity index (χ1v) is 6.29. The Morgan fingerprint density at radius 3 is 2.44 bits per heavy atom. The third-order valence-corrected chi connectivity index (χ3v) is 3.78. The summed E-state index contributed by atoms with van der Waals surface area (Å²) in [5.41, 5.74) is 5.89. The summed E-state index contributed by atoms with van der Waals surface area (Å²) in [6.45, 7) is 0. The number of nitrogens with one attached hydrogen (secondary N) is 1. The van der Waals surface area contributed by atoms with E-state index in [1.807, 2.05) is 0 Å². The van der Waals surface area contributed by atoms with E-state index in [1.165, 1.54) is 19.3 Å². The molecule has 1 amide bonds. The highest BCUT2D eigenvalue weighted by Crippen LogP contribution is 2.29. The summed E-state index contributed by atoms with van der Waals surface area (Å²) < 4.78 is 0. The van der Waals surface area contributed by atoms with Crippen LogP contribution in [-0.4, -0.2) is 18.0 Å². The van der Waals surface area contributed by atoms with E-state index in [1.54, 1.807) is 0 Å². The van der Waals surface area contributed by atoms with Gasteiger partial charge in [0.15, 0.2) is 0 Å². The molecule has 0 spiro atoms. The second-order valence-corrected chi connectivity index (χ2v) is 5.19. The van der Waals surface area contributed by atoms with Gasteiger partial charge in [-0.15, -0.1) is 12.4 Å². The van der Waals surface area contributed by atoms with Crippen molar-refractivity contribution in [2.45, 2.75) is 63.5 Å². The highest BCUT2D eigenvalue weighted by atomic mass is 35.5. The van der Waals surface area contributed by atoms with Crippen molar-refractivity contribution in [3.05, 3.63) is 0 Å². The van der Waals surface area contributed by atoms with Gasteiger partial charge in [-0.3, -0.25) is 4.79 Å². The first-order chi connectivity index (χ1) is 7.24. The number of carbonyl (C=O) groups excluding carboxylic acids is 1. The number of amides is 1. The number of nitrogens with two attached hydrogens (primary N) is 1. The molecule has 0 saturated heterocycles. The molecule has 2 aliphatic carbocycles. The van der Waals surface area contributed by atoms with Crippen molar-refractivity contribution in [2.75, 3.05) is 0 Å². The quantitative estimate of drug-likeness (QED) is 0.800. The van der Waals surface area contributed by atoms with Gasteiger partial charge in [0.25, 0.3) is 0 Å². The fraction of sp³-hybridized carbons (Fsp3) is 0.917. The van der Waals surface area contributed by atoms with E-state index in [-0.39, 0.29) is 18.3 Å². The average molecular weight is 247 g/mol. The lowest BCUT2D eigenvalue weighted by Crippen LogP contribution is -2.42. The molecule has 0 aromatic carbocycles. The molecule has 3 nitrogen and oxygen atoms in total. The molecule has 2 saturated carbocycles. The maximum Gasteiger partial charge on any atom is 0.220 e. The van der Waals surface area contributed by atoms with E-state index in [0.29, 0.717) is 18.0 Å². The molecule has 0 aliphatic heterocycles. The molecule has 2 fully saturated rings. The molecule has 0 aromatic heterocycles. The fourth-order valence-electron chi connectivity index (χ4n) is 2.60. The average Bonchev–Trinajstić information content (AvgIpc) is 2.11. The number of rotatable bonds is 3. The zero-order chi connectivity index (χ0) is 10.7. The van der Waals surface area contributed by atoms with Crippen molar-refractivity contribution in [3.63, 3.8) is 0 Å². The predicted octanol–water partition coefficient (Wildman–Crippen LogP) is 1.98. The molecule has 0 aromatic rings. The van der Waals surface area contributed by atoms with Crippen molar-refractivity contribution < 1.29 is 4.79 Å². The fourth-order valence-corrected chi connectivity index (χ4v) is 2.60. The minimum atomic E-state index is 0. The van der Waals surface area contributed by atoms with E-state index in [9.17, 15) is 4.79 Å². The number of hydrogen-bond acceptors (Lipinski definition) is 2. The smallest absolute Gasteiger partial charge is 0.220 e. The third-order valence-electron chi connectivity index (χ3n) is 3.78. The van der Waals surface area contributed by atoms with Gasteiger partial charge in [-0.2, -0.15) is 0 Å². The lowest BCUT2D eigenvalue weighted by molar-refractivity contribution is -0.123. The van der Waals surface area contributed by atoms with E-state index in [0.717, 1.165) is 32.1 Å². The molecule has 16 heavy (non-hydrogen) atoms. The monoisotopic (exact) mass is 246 g/mol. The summed E-state index contributed by atoms with van der Waals surface area (Å²) in [6.07, 6.45) is 8.91. The number of carbonyl (C=O) groups is 1. The molecule has 0 radical (unpaired) electrons. The van der Waals surface area contributed by atoms with Gasteiger partial charge in [0.05, 0.1) is 0 Å². The van der Waals surface area contributed by atoms with Crippen molar-refractivity contribution in [1.82, 2.24) is 5.32 Å². The van der Waals surface area contributed by atoms with Crippen molar-refractivity contribution in [3.8, 4) is 0 Å². The highest BCUT2D eigenvalue weighted by molar-refractivity contribution is 5.85. The van der Waals surface area contributed by atoms with Gasteiger partial charge in [0, 0.05) is 18.5 Å². The van der Waals surface area contributed by atoms with Gasteiger partial charge in [-0.1, -0.05) is 6.42 Å². The standard InChI is InChI=1S/C12H22N2O.ClH/c13-10-5-2-6-11(8-10)14-12(15)7-9-3-1-4-9;/h9-11H,1-8,13H2,(H,14,15);1H. The van der Waals surface area contributed by atoms with Crippen LogP contribution in [0.5, 0.6) is 0 Å². The van der Waals surface area contributed by atoms with Crippen molar-refractivity contribution >= 4 is 18.3 Å². The molecule has 94 valence electrons. The first kappa shape index (κ1) is 13.8. The van der Waals surface area contributed by atoms with E-state index in [2.05, 4.69) is 5.32 Å². The van der Waals surface area contributed by atoms with Gasteiger partial charge < -0.3 is 11.1 Å². The SMILES string of the molecule is Cl.NC1CCCC(NC(=O)CC2CCC2)C1. The Kier molecular flexibility index (Phi) is 5.56. The molecule has 2 rings (SSSR count). The summed E-state index contributed by atoms with van der Waals surface area (Å²) in [6, 6.07) is 0.647.